The summed E-state index contributed by atoms with van der Waals surface area (Å²) in [6.45, 7) is 4.04. The highest BCUT2D eigenvalue weighted by Gasteiger charge is 2.33. The Morgan fingerprint density at radius 1 is 1.39 bits per heavy atom. The second-order valence-corrected chi connectivity index (χ2v) is 4.95. The highest BCUT2D eigenvalue weighted by Crippen LogP contribution is 2.24. The smallest absolute Gasteiger partial charge is 0.242 e. The van der Waals surface area contributed by atoms with E-state index < -0.39 is 6.04 Å². The van der Waals surface area contributed by atoms with Crippen LogP contribution in [0.25, 0.3) is 0 Å². The number of carbonyl (C=O) groups excluding carboxylic acids is 1. The molecule has 0 saturated carbocycles. The zero-order valence-electron chi connectivity index (χ0n) is 10.8. The van der Waals surface area contributed by atoms with E-state index in [0.717, 1.165) is 18.5 Å². The summed E-state index contributed by atoms with van der Waals surface area (Å²) in [4.78, 5) is 11.5. The third kappa shape index (κ3) is 3.01. The molecule has 0 bridgehead atoms. The van der Waals surface area contributed by atoms with Gasteiger partial charge < -0.3 is 15.8 Å². The first-order valence-electron chi connectivity index (χ1n) is 6.34. The molecule has 0 radical (unpaired) electrons. The molecule has 18 heavy (non-hydrogen) atoms. The molecule has 0 aromatic heterocycles. The van der Waals surface area contributed by atoms with Crippen LogP contribution in [-0.4, -0.2) is 24.2 Å². The lowest BCUT2D eigenvalue weighted by molar-refractivity contribution is -0.121. The molecular weight excluding hydrogens is 228 g/mol. The highest BCUT2D eigenvalue weighted by atomic mass is 16.5. The van der Waals surface area contributed by atoms with Gasteiger partial charge in [-0.3, -0.25) is 4.79 Å². The Morgan fingerprint density at radius 3 is 2.56 bits per heavy atom. The molecule has 3 unspecified atom stereocenters. The SMILES string of the molecule is Cc1ccc(NC(C(N)=O)C2CCC(C)O2)cc1. The van der Waals surface area contributed by atoms with E-state index in [1.54, 1.807) is 0 Å². The average molecular weight is 248 g/mol. The molecule has 2 rings (SSSR count). The number of rotatable bonds is 4. The van der Waals surface area contributed by atoms with Crippen molar-refractivity contribution in [2.24, 2.45) is 5.73 Å². The molecule has 0 spiro atoms. The summed E-state index contributed by atoms with van der Waals surface area (Å²) in [6, 6.07) is 7.43. The number of carbonyl (C=O) groups is 1. The Bertz CT molecular complexity index is 416. The van der Waals surface area contributed by atoms with E-state index in [-0.39, 0.29) is 18.1 Å². The van der Waals surface area contributed by atoms with Crippen LogP contribution in [0.4, 0.5) is 5.69 Å². The third-order valence-corrected chi connectivity index (χ3v) is 3.32. The number of benzene rings is 1. The average Bonchev–Trinajstić information content (AvgIpc) is 2.74. The summed E-state index contributed by atoms with van der Waals surface area (Å²) in [5.41, 5.74) is 7.54. The van der Waals surface area contributed by atoms with E-state index in [1.807, 2.05) is 38.1 Å². The van der Waals surface area contributed by atoms with Gasteiger partial charge >= 0.3 is 0 Å². The molecule has 1 fully saturated rings. The predicted molar refractivity (Wildman–Crippen MR) is 71.4 cm³/mol. The van der Waals surface area contributed by atoms with Crippen LogP contribution in [-0.2, 0) is 9.53 Å². The van der Waals surface area contributed by atoms with Crippen molar-refractivity contribution in [3.8, 4) is 0 Å². The van der Waals surface area contributed by atoms with Gasteiger partial charge in [-0.25, -0.2) is 0 Å². The van der Waals surface area contributed by atoms with Crippen molar-refractivity contribution >= 4 is 11.6 Å². The molecule has 1 saturated heterocycles. The Hall–Kier alpha value is -1.55. The van der Waals surface area contributed by atoms with Gasteiger partial charge in [0, 0.05) is 5.69 Å². The van der Waals surface area contributed by atoms with Crippen LogP contribution >= 0.6 is 0 Å². The van der Waals surface area contributed by atoms with Gasteiger partial charge in [0.25, 0.3) is 0 Å². The quantitative estimate of drug-likeness (QED) is 0.854. The van der Waals surface area contributed by atoms with Crippen LogP contribution < -0.4 is 11.1 Å². The monoisotopic (exact) mass is 248 g/mol. The number of hydrogen-bond donors (Lipinski definition) is 2. The molecule has 98 valence electrons. The summed E-state index contributed by atoms with van der Waals surface area (Å²) in [5, 5.41) is 3.17. The molecule has 1 heterocycles. The van der Waals surface area contributed by atoms with E-state index >= 15 is 0 Å². The van der Waals surface area contributed by atoms with Gasteiger partial charge in [0.05, 0.1) is 12.2 Å². The molecule has 1 amide bonds. The number of aryl methyl sites for hydroxylation is 1. The van der Waals surface area contributed by atoms with Crippen LogP contribution in [0.1, 0.15) is 25.3 Å². The fourth-order valence-corrected chi connectivity index (χ4v) is 2.26. The molecule has 3 atom stereocenters. The Labute approximate surface area is 108 Å². The van der Waals surface area contributed by atoms with Gasteiger partial charge in [0.15, 0.2) is 0 Å². The molecule has 1 aliphatic heterocycles. The minimum Gasteiger partial charge on any atom is -0.373 e. The minimum atomic E-state index is -0.461. The number of nitrogens with one attached hydrogen (secondary N) is 1. The van der Waals surface area contributed by atoms with Crippen molar-refractivity contribution in [2.75, 3.05) is 5.32 Å². The van der Waals surface area contributed by atoms with Crippen LogP contribution in [0, 0.1) is 6.92 Å². The van der Waals surface area contributed by atoms with Crippen LogP contribution in [0.15, 0.2) is 24.3 Å². The number of amides is 1. The van der Waals surface area contributed by atoms with Crippen LogP contribution in [0.2, 0.25) is 0 Å². The molecule has 4 heteroatoms. The molecule has 1 aromatic carbocycles. The molecule has 1 aromatic rings. The summed E-state index contributed by atoms with van der Waals surface area (Å²) in [5.74, 6) is -0.366. The fraction of sp³-hybridized carbons (Fsp3) is 0.500. The lowest BCUT2D eigenvalue weighted by Gasteiger charge is -2.23. The first-order chi connectivity index (χ1) is 8.56. The summed E-state index contributed by atoms with van der Waals surface area (Å²) >= 11 is 0. The van der Waals surface area contributed by atoms with Crippen molar-refractivity contribution in [2.45, 2.75) is 44.9 Å². The van der Waals surface area contributed by atoms with Crippen LogP contribution in [0.5, 0.6) is 0 Å². The number of nitrogens with two attached hydrogens (primary N) is 1. The second kappa shape index (κ2) is 5.40. The molecule has 1 aliphatic rings. The van der Waals surface area contributed by atoms with Gasteiger partial charge in [0.2, 0.25) is 5.91 Å². The summed E-state index contributed by atoms with van der Waals surface area (Å²) in [6.07, 6.45) is 1.92. The van der Waals surface area contributed by atoms with Gasteiger partial charge in [-0.2, -0.15) is 0 Å². The molecule has 3 N–H and O–H groups in total. The first kappa shape index (κ1) is 12.9. The maximum atomic E-state index is 11.5. The Morgan fingerprint density at radius 2 is 2.06 bits per heavy atom. The topological polar surface area (TPSA) is 64.3 Å². The number of ether oxygens (including phenoxy) is 1. The van der Waals surface area contributed by atoms with E-state index in [4.69, 9.17) is 10.5 Å². The zero-order chi connectivity index (χ0) is 13.1. The van der Waals surface area contributed by atoms with Crippen molar-refractivity contribution in [1.82, 2.24) is 0 Å². The number of anilines is 1. The largest absolute Gasteiger partial charge is 0.373 e. The molecular formula is C14H20N2O2. The molecule has 4 nitrogen and oxygen atoms in total. The lowest BCUT2D eigenvalue weighted by Crippen LogP contribution is -2.44. The van der Waals surface area contributed by atoms with Crippen molar-refractivity contribution in [1.29, 1.82) is 0 Å². The normalized spacial score (nSPS) is 24.8. The Kier molecular flexibility index (Phi) is 3.87. The first-order valence-corrected chi connectivity index (χ1v) is 6.34. The van der Waals surface area contributed by atoms with E-state index in [2.05, 4.69) is 5.32 Å². The Balaban J connectivity index is 2.07. The van der Waals surface area contributed by atoms with Crippen molar-refractivity contribution < 1.29 is 9.53 Å². The minimum absolute atomic E-state index is 0.126. The summed E-state index contributed by atoms with van der Waals surface area (Å²) < 4.78 is 5.72. The fourth-order valence-electron chi connectivity index (χ4n) is 2.26. The summed E-state index contributed by atoms with van der Waals surface area (Å²) in [7, 11) is 0. The van der Waals surface area contributed by atoms with Crippen molar-refractivity contribution in [3.63, 3.8) is 0 Å². The molecule has 0 aliphatic carbocycles. The van der Waals surface area contributed by atoms with Crippen molar-refractivity contribution in [3.05, 3.63) is 29.8 Å². The third-order valence-electron chi connectivity index (χ3n) is 3.32. The zero-order valence-corrected chi connectivity index (χ0v) is 10.8. The standard InChI is InChI=1S/C14H20N2O2/c1-9-3-6-11(7-4-9)16-13(14(15)17)12-8-5-10(2)18-12/h3-4,6-7,10,12-13,16H,5,8H2,1-2H3,(H2,15,17). The van der Waals surface area contributed by atoms with E-state index in [9.17, 15) is 4.79 Å². The predicted octanol–water partition coefficient (Wildman–Crippen LogP) is 1.83. The number of hydrogen-bond acceptors (Lipinski definition) is 3. The second-order valence-electron chi connectivity index (χ2n) is 4.95. The maximum absolute atomic E-state index is 11.5. The van der Waals surface area contributed by atoms with Gasteiger partial charge in [0.1, 0.15) is 6.04 Å². The van der Waals surface area contributed by atoms with E-state index in [0.29, 0.717) is 0 Å². The lowest BCUT2D eigenvalue weighted by atomic mass is 10.1. The van der Waals surface area contributed by atoms with Gasteiger partial charge in [-0.1, -0.05) is 17.7 Å². The van der Waals surface area contributed by atoms with Gasteiger partial charge in [-0.15, -0.1) is 0 Å². The van der Waals surface area contributed by atoms with Crippen LogP contribution in [0.3, 0.4) is 0 Å². The highest BCUT2D eigenvalue weighted by molar-refractivity contribution is 5.83. The van der Waals surface area contributed by atoms with E-state index in [1.165, 1.54) is 5.56 Å². The maximum Gasteiger partial charge on any atom is 0.242 e. The van der Waals surface area contributed by atoms with Gasteiger partial charge in [-0.05, 0) is 38.8 Å². The number of primary amides is 1.